The summed E-state index contributed by atoms with van der Waals surface area (Å²) in [5.41, 5.74) is 2.26. The maximum Gasteiger partial charge on any atom is 0.407 e. The maximum absolute atomic E-state index is 13.0. The van der Waals surface area contributed by atoms with Crippen LogP contribution in [0.25, 0.3) is 0 Å². The maximum atomic E-state index is 13.0. The van der Waals surface area contributed by atoms with Gasteiger partial charge < -0.3 is 15.0 Å². The van der Waals surface area contributed by atoms with Crippen LogP contribution in [0.15, 0.2) is 6.33 Å². The van der Waals surface area contributed by atoms with Gasteiger partial charge >= 0.3 is 6.09 Å². The zero-order valence-electron chi connectivity index (χ0n) is 13.5. The van der Waals surface area contributed by atoms with Gasteiger partial charge in [-0.3, -0.25) is 4.79 Å². The zero-order valence-corrected chi connectivity index (χ0v) is 13.5. The SMILES string of the molecule is CCc1ncnc(CC)c1C(=O)N1CC[C@@H]2NC(=O)OC[C@H]2C1. The molecule has 0 saturated carbocycles. The normalized spacial score (nSPS) is 23.7. The molecule has 7 heteroatoms. The second kappa shape index (κ2) is 6.52. The van der Waals surface area contributed by atoms with E-state index >= 15 is 0 Å². The zero-order chi connectivity index (χ0) is 16.4. The molecule has 0 spiro atoms. The third-order valence-corrected chi connectivity index (χ3v) is 4.64. The van der Waals surface area contributed by atoms with Gasteiger partial charge in [0.2, 0.25) is 0 Å². The monoisotopic (exact) mass is 318 g/mol. The molecule has 23 heavy (non-hydrogen) atoms. The number of carbonyl (C=O) groups is 2. The van der Waals surface area contributed by atoms with Crippen LogP contribution in [0.5, 0.6) is 0 Å². The summed E-state index contributed by atoms with van der Waals surface area (Å²) in [5.74, 6) is 0.139. The van der Waals surface area contributed by atoms with Gasteiger partial charge in [0, 0.05) is 25.0 Å². The number of hydrogen-bond donors (Lipinski definition) is 1. The topological polar surface area (TPSA) is 84.4 Å². The Morgan fingerprint density at radius 2 is 2.04 bits per heavy atom. The number of carbonyl (C=O) groups excluding carboxylic acids is 2. The molecular formula is C16H22N4O3. The van der Waals surface area contributed by atoms with Crippen molar-refractivity contribution in [2.24, 2.45) is 5.92 Å². The summed E-state index contributed by atoms with van der Waals surface area (Å²) in [6.07, 6.45) is 3.34. The van der Waals surface area contributed by atoms with Crippen LogP contribution >= 0.6 is 0 Å². The van der Waals surface area contributed by atoms with Gasteiger partial charge in [-0.15, -0.1) is 0 Å². The van der Waals surface area contributed by atoms with E-state index in [0.29, 0.717) is 38.1 Å². The van der Waals surface area contributed by atoms with E-state index in [9.17, 15) is 9.59 Å². The van der Waals surface area contributed by atoms with E-state index in [0.717, 1.165) is 17.8 Å². The molecule has 2 amide bonds. The molecule has 2 aliphatic heterocycles. The smallest absolute Gasteiger partial charge is 0.407 e. The highest BCUT2D eigenvalue weighted by atomic mass is 16.6. The first kappa shape index (κ1) is 15.7. The van der Waals surface area contributed by atoms with Crippen molar-refractivity contribution >= 4 is 12.0 Å². The summed E-state index contributed by atoms with van der Waals surface area (Å²) in [6.45, 7) is 5.57. The van der Waals surface area contributed by atoms with Gasteiger partial charge in [-0.25, -0.2) is 14.8 Å². The van der Waals surface area contributed by atoms with Crippen LogP contribution in [-0.2, 0) is 17.6 Å². The van der Waals surface area contributed by atoms with Crippen LogP contribution in [0, 0.1) is 5.92 Å². The number of aromatic nitrogens is 2. The largest absolute Gasteiger partial charge is 0.449 e. The summed E-state index contributed by atoms with van der Waals surface area (Å²) in [5, 5.41) is 2.84. The van der Waals surface area contributed by atoms with E-state index in [-0.39, 0.29) is 24.0 Å². The second-order valence-corrected chi connectivity index (χ2v) is 6.00. The molecule has 0 aliphatic carbocycles. The lowest BCUT2D eigenvalue weighted by atomic mass is 9.91. The van der Waals surface area contributed by atoms with Crippen LogP contribution < -0.4 is 5.32 Å². The van der Waals surface area contributed by atoms with Crippen molar-refractivity contribution in [3.8, 4) is 0 Å². The predicted molar refractivity (Wildman–Crippen MR) is 83.1 cm³/mol. The molecule has 1 N–H and O–H groups in total. The van der Waals surface area contributed by atoms with Crippen LogP contribution in [0.2, 0.25) is 0 Å². The summed E-state index contributed by atoms with van der Waals surface area (Å²) >= 11 is 0. The van der Waals surface area contributed by atoms with E-state index in [4.69, 9.17) is 4.74 Å². The fraction of sp³-hybridized carbons (Fsp3) is 0.625. The molecule has 3 rings (SSSR count). The fourth-order valence-electron chi connectivity index (χ4n) is 3.36. The Morgan fingerprint density at radius 3 is 2.70 bits per heavy atom. The molecular weight excluding hydrogens is 296 g/mol. The summed E-state index contributed by atoms with van der Waals surface area (Å²) in [6, 6.07) is 0.101. The Morgan fingerprint density at radius 1 is 1.35 bits per heavy atom. The Kier molecular flexibility index (Phi) is 4.45. The number of ether oxygens (including phenoxy) is 1. The minimum absolute atomic E-state index is 0.00495. The van der Waals surface area contributed by atoms with Gasteiger partial charge in [-0.1, -0.05) is 13.8 Å². The average Bonchev–Trinajstić information content (AvgIpc) is 2.59. The van der Waals surface area contributed by atoms with Gasteiger partial charge in [0.15, 0.2) is 0 Å². The minimum Gasteiger partial charge on any atom is -0.449 e. The highest BCUT2D eigenvalue weighted by Gasteiger charge is 2.37. The van der Waals surface area contributed by atoms with Crippen molar-refractivity contribution in [3.05, 3.63) is 23.3 Å². The van der Waals surface area contributed by atoms with Gasteiger partial charge in [0.05, 0.1) is 23.6 Å². The van der Waals surface area contributed by atoms with E-state index in [1.54, 1.807) is 0 Å². The Labute approximate surface area is 135 Å². The lowest BCUT2D eigenvalue weighted by molar-refractivity contribution is 0.0323. The van der Waals surface area contributed by atoms with Crippen LogP contribution in [0.1, 0.15) is 42.0 Å². The molecule has 0 bridgehead atoms. The first-order valence-electron chi connectivity index (χ1n) is 8.19. The molecule has 3 heterocycles. The number of nitrogens with one attached hydrogen (secondary N) is 1. The third-order valence-electron chi connectivity index (χ3n) is 4.64. The molecule has 2 saturated heterocycles. The van der Waals surface area contributed by atoms with Gasteiger partial charge in [-0.05, 0) is 19.3 Å². The Bertz CT molecular complexity index is 597. The van der Waals surface area contributed by atoms with Crippen molar-refractivity contribution in [3.63, 3.8) is 0 Å². The van der Waals surface area contributed by atoms with Crippen molar-refractivity contribution in [1.82, 2.24) is 20.2 Å². The minimum atomic E-state index is -0.357. The molecule has 0 unspecified atom stereocenters. The van der Waals surface area contributed by atoms with Crippen molar-refractivity contribution in [1.29, 1.82) is 0 Å². The van der Waals surface area contributed by atoms with Crippen LogP contribution in [0.4, 0.5) is 4.79 Å². The van der Waals surface area contributed by atoms with E-state index in [1.165, 1.54) is 6.33 Å². The van der Waals surface area contributed by atoms with Gasteiger partial charge in [-0.2, -0.15) is 0 Å². The Hall–Kier alpha value is -2.18. The highest BCUT2D eigenvalue weighted by Crippen LogP contribution is 2.24. The predicted octanol–water partition coefficient (Wildman–Crippen LogP) is 1.17. The highest BCUT2D eigenvalue weighted by molar-refractivity contribution is 5.96. The third kappa shape index (κ3) is 3.00. The van der Waals surface area contributed by atoms with Crippen LogP contribution in [-0.4, -0.2) is 52.6 Å². The van der Waals surface area contributed by atoms with Crippen molar-refractivity contribution in [2.75, 3.05) is 19.7 Å². The fourth-order valence-corrected chi connectivity index (χ4v) is 3.36. The molecule has 0 radical (unpaired) electrons. The van der Waals surface area contributed by atoms with E-state index in [2.05, 4.69) is 15.3 Å². The summed E-state index contributed by atoms with van der Waals surface area (Å²) in [7, 11) is 0. The number of hydrogen-bond acceptors (Lipinski definition) is 5. The second-order valence-electron chi connectivity index (χ2n) is 6.00. The Balaban J connectivity index is 1.80. The number of cyclic esters (lactones) is 1. The lowest BCUT2D eigenvalue weighted by Crippen LogP contribution is -2.57. The molecule has 2 fully saturated rings. The number of aryl methyl sites for hydroxylation is 2. The van der Waals surface area contributed by atoms with Crippen molar-refractivity contribution in [2.45, 2.75) is 39.2 Å². The number of amides is 2. The van der Waals surface area contributed by atoms with Gasteiger partial charge in [0.25, 0.3) is 5.91 Å². The summed E-state index contributed by atoms with van der Waals surface area (Å²) < 4.78 is 5.06. The number of likely N-dealkylation sites (tertiary alicyclic amines) is 1. The van der Waals surface area contributed by atoms with E-state index < -0.39 is 0 Å². The van der Waals surface area contributed by atoms with Gasteiger partial charge in [0.1, 0.15) is 6.33 Å². The quantitative estimate of drug-likeness (QED) is 0.904. The molecule has 1 aromatic heterocycles. The first-order chi connectivity index (χ1) is 11.1. The number of rotatable bonds is 3. The molecule has 1 aromatic rings. The molecule has 2 atom stereocenters. The first-order valence-corrected chi connectivity index (χ1v) is 8.19. The average molecular weight is 318 g/mol. The van der Waals surface area contributed by atoms with E-state index in [1.807, 2.05) is 18.7 Å². The molecule has 0 aromatic carbocycles. The number of alkyl carbamates (subject to hydrolysis) is 1. The standard InChI is InChI=1S/C16H22N4O3/c1-3-11-14(12(4-2)18-9-17-11)15(21)20-6-5-13-10(7-20)8-23-16(22)19-13/h9-10,13H,3-8H2,1-2H3,(H,19,22)/t10-,13+/m1/s1. The van der Waals surface area contributed by atoms with Crippen LogP contribution in [0.3, 0.4) is 0 Å². The summed E-state index contributed by atoms with van der Waals surface area (Å²) in [4.78, 5) is 34.7. The van der Waals surface area contributed by atoms with Crippen molar-refractivity contribution < 1.29 is 14.3 Å². The number of piperidine rings is 1. The molecule has 7 nitrogen and oxygen atoms in total. The lowest BCUT2D eigenvalue weighted by Gasteiger charge is -2.41. The molecule has 124 valence electrons. The number of fused-ring (bicyclic) bond motifs is 1. The number of nitrogens with zero attached hydrogens (tertiary/aromatic N) is 3. The molecule has 2 aliphatic rings.